The zero-order chi connectivity index (χ0) is 26.9. The molecule has 3 N–H and O–H groups in total. The fourth-order valence-corrected chi connectivity index (χ4v) is 3.31. The van der Waals surface area contributed by atoms with E-state index in [1.165, 1.54) is 6.20 Å². The van der Waals surface area contributed by atoms with Crippen LogP contribution in [0.5, 0.6) is 5.88 Å². The van der Waals surface area contributed by atoms with Gasteiger partial charge in [0.05, 0.1) is 12.2 Å². The summed E-state index contributed by atoms with van der Waals surface area (Å²) in [6, 6.07) is 5.57. The van der Waals surface area contributed by atoms with Crippen molar-refractivity contribution in [2.45, 2.75) is 59.2 Å². The van der Waals surface area contributed by atoms with Crippen LogP contribution in [0.3, 0.4) is 0 Å². The van der Waals surface area contributed by atoms with Gasteiger partial charge in [0, 0.05) is 37.1 Å². The van der Waals surface area contributed by atoms with Gasteiger partial charge in [-0.3, -0.25) is 0 Å². The zero-order valence-corrected chi connectivity index (χ0v) is 21.8. The first kappa shape index (κ1) is 28.6. The molecule has 0 aliphatic rings. The number of aromatic nitrogens is 2. The summed E-state index contributed by atoms with van der Waals surface area (Å²) in [4.78, 5) is 20.7. The van der Waals surface area contributed by atoms with Gasteiger partial charge in [0.2, 0.25) is 5.88 Å². The molecule has 0 saturated heterocycles. The monoisotopic (exact) mass is 502 g/mol. The lowest BCUT2D eigenvalue weighted by molar-refractivity contribution is 0.0499. The number of nitrogens with zero attached hydrogens (tertiary/aromatic N) is 3. The third-order valence-corrected chi connectivity index (χ3v) is 4.94. The molecule has 2 atom stereocenters. The molecule has 10 nitrogen and oxygen atoms in total. The average molecular weight is 503 g/mol. The maximum Gasteiger partial charge on any atom is 0.407 e. The largest absolute Gasteiger partial charge is 0.475 e. The Hall–Kier alpha value is -3.65. The third-order valence-electron chi connectivity index (χ3n) is 4.94. The fraction of sp³-hybridized carbons (Fsp3) is 0.520. The summed E-state index contributed by atoms with van der Waals surface area (Å²) < 4.78 is 30.7. The topological polar surface area (TPSA) is 130 Å². The Morgan fingerprint density at radius 1 is 1.19 bits per heavy atom. The van der Waals surface area contributed by atoms with Crippen LogP contribution >= 0.6 is 0 Å². The summed E-state index contributed by atoms with van der Waals surface area (Å²) in [7, 11) is 1.57. The molecule has 0 spiro atoms. The van der Waals surface area contributed by atoms with Crippen LogP contribution in [0, 0.1) is 23.1 Å². The van der Waals surface area contributed by atoms with Gasteiger partial charge in [0.1, 0.15) is 18.3 Å². The van der Waals surface area contributed by atoms with E-state index in [-0.39, 0.29) is 29.2 Å². The molecule has 0 unspecified atom stereocenters. The van der Waals surface area contributed by atoms with Crippen molar-refractivity contribution in [3.8, 4) is 11.9 Å². The summed E-state index contributed by atoms with van der Waals surface area (Å²) >= 11 is 0. The third kappa shape index (κ3) is 8.85. The highest BCUT2D eigenvalue weighted by Gasteiger charge is 2.26. The SMILES string of the molecule is COCCOc1cc(Nc2nc(N[C@H](C(C)C)[C@H](C)NC(=O)OC(C)(C)C)c(F)cc2C#N)ccn1. The van der Waals surface area contributed by atoms with Crippen molar-refractivity contribution in [1.29, 1.82) is 5.26 Å². The van der Waals surface area contributed by atoms with E-state index in [0.29, 0.717) is 24.8 Å². The predicted octanol–water partition coefficient (Wildman–Crippen LogP) is 4.61. The summed E-state index contributed by atoms with van der Waals surface area (Å²) in [5, 5.41) is 18.4. The molecule has 2 rings (SSSR count). The van der Waals surface area contributed by atoms with E-state index in [2.05, 4.69) is 25.9 Å². The summed E-state index contributed by atoms with van der Waals surface area (Å²) in [6.07, 6.45) is 0.970. The van der Waals surface area contributed by atoms with E-state index in [0.717, 1.165) is 6.07 Å². The Morgan fingerprint density at radius 3 is 2.53 bits per heavy atom. The second-order valence-corrected chi connectivity index (χ2v) is 9.52. The van der Waals surface area contributed by atoms with Crippen molar-refractivity contribution in [3.05, 3.63) is 35.8 Å². The summed E-state index contributed by atoms with van der Waals surface area (Å²) in [5.74, 6) is -0.233. The molecule has 11 heteroatoms. The Bertz CT molecular complexity index is 1070. The lowest BCUT2D eigenvalue weighted by Gasteiger charge is -2.31. The van der Waals surface area contributed by atoms with Gasteiger partial charge in [-0.2, -0.15) is 5.26 Å². The molecule has 196 valence electrons. The second kappa shape index (κ2) is 12.9. The van der Waals surface area contributed by atoms with E-state index < -0.39 is 23.6 Å². The molecule has 0 fully saturated rings. The normalized spacial score (nSPS) is 12.9. The van der Waals surface area contributed by atoms with Gasteiger partial charge in [-0.05, 0) is 45.7 Å². The first-order valence-electron chi connectivity index (χ1n) is 11.6. The highest BCUT2D eigenvalue weighted by molar-refractivity contribution is 5.68. The highest BCUT2D eigenvalue weighted by Crippen LogP contribution is 2.26. The number of rotatable bonds is 11. The molecular formula is C25H35FN6O4. The second-order valence-electron chi connectivity index (χ2n) is 9.52. The van der Waals surface area contributed by atoms with E-state index in [1.54, 1.807) is 46.9 Å². The lowest BCUT2D eigenvalue weighted by atomic mass is 9.97. The Kier molecular flexibility index (Phi) is 10.2. The van der Waals surface area contributed by atoms with Gasteiger partial charge in [-0.25, -0.2) is 19.2 Å². The van der Waals surface area contributed by atoms with Gasteiger partial charge >= 0.3 is 6.09 Å². The molecule has 0 aromatic carbocycles. The predicted molar refractivity (Wildman–Crippen MR) is 135 cm³/mol. The van der Waals surface area contributed by atoms with Crippen LogP contribution in [0.25, 0.3) is 0 Å². The lowest BCUT2D eigenvalue weighted by Crippen LogP contribution is -2.49. The molecule has 2 heterocycles. The van der Waals surface area contributed by atoms with E-state index in [9.17, 15) is 14.4 Å². The minimum absolute atomic E-state index is 0.00445. The molecule has 2 aromatic rings. The fourth-order valence-electron chi connectivity index (χ4n) is 3.31. The standard InChI is InChI=1S/C25H35FN6O4/c1-15(2)21(16(3)29-24(33)36-25(4,5)6)31-23-19(26)12-17(14-27)22(32-23)30-18-8-9-28-20(13-18)35-11-10-34-7/h8-9,12-13,15-16,21H,10-11H2,1-7H3,(H,29,33)(H2,28,30,31,32)/t16-,21+/m0/s1. The molecule has 2 aromatic heterocycles. The van der Waals surface area contributed by atoms with E-state index >= 15 is 0 Å². The van der Waals surface area contributed by atoms with Gasteiger partial charge in [0.15, 0.2) is 17.5 Å². The van der Waals surface area contributed by atoms with Crippen molar-refractivity contribution in [1.82, 2.24) is 15.3 Å². The number of alkyl carbamates (subject to hydrolysis) is 1. The molecule has 0 bridgehead atoms. The number of hydrogen-bond donors (Lipinski definition) is 3. The van der Waals surface area contributed by atoms with E-state index in [1.807, 2.05) is 19.9 Å². The van der Waals surface area contributed by atoms with Crippen molar-refractivity contribution >= 4 is 23.4 Å². The van der Waals surface area contributed by atoms with Crippen LogP contribution in [0.1, 0.15) is 47.1 Å². The number of ether oxygens (including phenoxy) is 3. The van der Waals surface area contributed by atoms with Crippen molar-refractivity contribution < 1.29 is 23.4 Å². The number of hydrogen-bond acceptors (Lipinski definition) is 9. The smallest absolute Gasteiger partial charge is 0.407 e. The number of halogens is 1. The van der Waals surface area contributed by atoms with Gasteiger partial charge in [-0.15, -0.1) is 0 Å². The molecule has 36 heavy (non-hydrogen) atoms. The minimum atomic E-state index is -0.689. The first-order valence-corrected chi connectivity index (χ1v) is 11.6. The van der Waals surface area contributed by atoms with Crippen LogP contribution in [0.15, 0.2) is 24.4 Å². The summed E-state index contributed by atoms with van der Waals surface area (Å²) in [5.41, 5.74) is -0.0646. The maximum absolute atomic E-state index is 14.9. The number of nitriles is 1. The average Bonchev–Trinajstić information content (AvgIpc) is 2.77. The van der Waals surface area contributed by atoms with Crippen molar-refractivity contribution in [2.75, 3.05) is 31.0 Å². The molecule has 1 amide bonds. The number of carbonyl (C=O) groups is 1. The minimum Gasteiger partial charge on any atom is -0.475 e. The number of carbonyl (C=O) groups excluding carboxylic acids is 1. The number of pyridine rings is 2. The first-order chi connectivity index (χ1) is 16.9. The quantitative estimate of drug-likeness (QED) is 0.377. The molecular weight excluding hydrogens is 467 g/mol. The van der Waals surface area contributed by atoms with Crippen molar-refractivity contribution in [2.24, 2.45) is 5.92 Å². The Labute approximate surface area is 211 Å². The van der Waals surface area contributed by atoms with Crippen LogP contribution < -0.4 is 20.7 Å². The molecule has 0 saturated carbocycles. The maximum atomic E-state index is 14.9. The van der Waals surface area contributed by atoms with Gasteiger partial charge < -0.3 is 30.2 Å². The number of methoxy groups -OCH3 is 1. The number of nitrogens with one attached hydrogen (secondary N) is 3. The molecule has 0 aliphatic carbocycles. The zero-order valence-electron chi connectivity index (χ0n) is 21.8. The van der Waals surface area contributed by atoms with Crippen LogP contribution in [-0.2, 0) is 9.47 Å². The number of amides is 1. The van der Waals surface area contributed by atoms with Crippen LogP contribution in [0.2, 0.25) is 0 Å². The van der Waals surface area contributed by atoms with Crippen LogP contribution in [-0.4, -0.2) is 54.1 Å². The van der Waals surface area contributed by atoms with Gasteiger partial charge in [-0.1, -0.05) is 13.8 Å². The van der Waals surface area contributed by atoms with Gasteiger partial charge in [0.25, 0.3) is 0 Å². The Morgan fingerprint density at radius 2 is 1.92 bits per heavy atom. The Balaban J connectivity index is 2.25. The molecule has 0 aliphatic heterocycles. The summed E-state index contributed by atoms with van der Waals surface area (Å²) in [6.45, 7) is 11.7. The molecule has 0 radical (unpaired) electrons. The number of anilines is 3. The highest BCUT2D eigenvalue weighted by atomic mass is 19.1. The van der Waals surface area contributed by atoms with E-state index in [4.69, 9.17) is 14.2 Å². The van der Waals surface area contributed by atoms with Crippen molar-refractivity contribution in [3.63, 3.8) is 0 Å². The van der Waals surface area contributed by atoms with Crippen LogP contribution in [0.4, 0.5) is 26.5 Å².